The van der Waals surface area contributed by atoms with Crippen molar-refractivity contribution < 1.29 is 18.7 Å². The van der Waals surface area contributed by atoms with Crippen molar-refractivity contribution in [3.05, 3.63) is 52.0 Å². The molecule has 2 aromatic rings. The van der Waals surface area contributed by atoms with Gasteiger partial charge in [0, 0.05) is 19.4 Å². The number of ether oxygens (including phenoxy) is 2. The van der Waals surface area contributed by atoms with E-state index in [2.05, 4.69) is 10.3 Å². The SMILES string of the molecule is COCCOc1ccc(F)cc1NC(=O)c1cnc(Cl)c(Cl)c1. The zero-order valence-corrected chi connectivity index (χ0v) is 13.6. The first-order chi connectivity index (χ1) is 11.0. The lowest BCUT2D eigenvalue weighted by atomic mass is 10.2. The number of carbonyl (C=O) groups excluding carboxylic acids is 1. The predicted molar refractivity (Wildman–Crippen MR) is 86.0 cm³/mol. The fourth-order valence-electron chi connectivity index (χ4n) is 1.70. The van der Waals surface area contributed by atoms with Crippen molar-refractivity contribution >= 4 is 34.8 Å². The van der Waals surface area contributed by atoms with Crippen LogP contribution in [-0.2, 0) is 4.74 Å². The van der Waals surface area contributed by atoms with Gasteiger partial charge >= 0.3 is 0 Å². The van der Waals surface area contributed by atoms with Crippen molar-refractivity contribution in [2.45, 2.75) is 0 Å². The molecule has 0 bridgehead atoms. The van der Waals surface area contributed by atoms with Crippen molar-refractivity contribution in [1.82, 2.24) is 4.98 Å². The van der Waals surface area contributed by atoms with Gasteiger partial charge in [0.05, 0.1) is 22.9 Å². The molecule has 0 aliphatic rings. The number of amides is 1. The molecule has 1 heterocycles. The smallest absolute Gasteiger partial charge is 0.257 e. The van der Waals surface area contributed by atoms with E-state index in [9.17, 15) is 9.18 Å². The van der Waals surface area contributed by atoms with E-state index >= 15 is 0 Å². The van der Waals surface area contributed by atoms with Crippen LogP contribution < -0.4 is 10.1 Å². The quantitative estimate of drug-likeness (QED) is 0.630. The molecule has 122 valence electrons. The van der Waals surface area contributed by atoms with Gasteiger partial charge in [0.2, 0.25) is 0 Å². The second-order valence-electron chi connectivity index (χ2n) is 4.43. The molecular weight excluding hydrogens is 346 g/mol. The monoisotopic (exact) mass is 358 g/mol. The molecule has 0 atom stereocenters. The number of hydrogen-bond donors (Lipinski definition) is 1. The molecular formula is C15H13Cl2FN2O3. The first-order valence-corrected chi connectivity index (χ1v) is 7.30. The third kappa shape index (κ3) is 4.79. The molecule has 0 unspecified atom stereocenters. The summed E-state index contributed by atoms with van der Waals surface area (Å²) in [4.78, 5) is 16.0. The first-order valence-electron chi connectivity index (χ1n) is 6.55. The normalized spacial score (nSPS) is 10.4. The van der Waals surface area contributed by atoms with Crippen LogP contribution in [0.4, 0.5) is 10.1 Å². The highest BCUT2D eigenvalue weighted by atomic mass is 35.5. The lowest BCUT2D eigenvalue weighted by Gasteiger charge is -2.12. The Hall–Kier alpha value is -1.89. The molecule has 0 aliphatic heterocycles. The number of rotatable bonds is 6. The molecule has 2 rings (SSSR count). The van der Waals surface area contributed by atoms with Gasteiger partial charge in [-0.2, -0.15) is 0 Å². The van der Waals surface area contributed by atoms with Crippen LogP contribution in [0.3, 0.4) is 0 Å². The lowest BCUT2D eigenvalue weighted by molar-refractivity contribution is 0.102. The van der Waals surface area contributed by atoms with Gasteiger partial charge < -0.3 is 14.8 Å². The zero-order valence-electron chi connectivity index (χ0n) is 12.1. The summed E-state index contributed by atoms with van der Waals surface area (Å²) in [5.41, 5.74) is 0.378. The second-order valence-corrected chi connectivity index (χ2v) is 5.20. The number of pyridine rings is 1. The van der Waals surface area contributed by atoms with E-state index in [-0.39, 0.29) is 28.0 Å². The summed E-state index contributed by atoms with van der Waals surface area (Å²) in [5, 5.41) is 2.80. The largest absolute Gasteiger partial charge is 0.489 e. The van der Waals surface area contributed by atoms with Crippen molar-refractivity contribution in [3.63, 3.8) is 0 Å². The number of nitrogens with zero attached hydrogens (tertiary/aromatic N) is 1. The summed E-state index contributed by atoms with van der Waals surface area (Å²) in [6.07, 6.45) is 1.27. The number of nitrogens with one attached hydrogen (secondary N) is 1. The fourth-order valence-corrected chi connectivity index (χ4v) is 1.97. The number of methoxy groups -OCH3 is 1. The first kappa shape index (κ1) is 17.5. The molecule has 0 fully saturated rings. The van der Waals surface area contributed by atoms with Crippen molar-refractivity contribution in [2.24, 2.45) is 0 Å². The van der Waals surface area contributed by atoms with Crippen molar-refractivity contribution in [2.75, 3.05) is 25.6 Å². The summed E-state index contributed by atoms with van der Waals surface area (Å²) < 4.78 is 23.7. The summed E-state index contributed by atoms with van der Waals surface area (Å²) in [6.45, 7) is 0.626. The van der Waals surface area contributed by atoms with Gasteiger partial charge in [0.15, 0.2) is 0 Å². The minimum absolute atomic E-state index is 0.0950. The minimum atomic E-state index is -0.516. The highest BCUT2D eigenvalue weighted by molar-refractivity contribution is 6.41. The van der Waals surface area contributed by atoms with E-state index in [1.54, 1.807) is 0 Å². The van der Waals surface area contributed by atoms with E-state index < -0.39 is 11.7 Å². The second kappa shape index (κ2) is 8.10. The number of hydrogen-bond acceptors (Lipinski definition) is 4. The number of carbonyl (C=O) groups is 1. The fraction of sp³-hybridized carbons (Fsp3) is 0.200. The van der Waals surface area contributed by atoms with Gasteiger partial charge in [-0.05, 0) is 18.2 Å². The molecule has 0 radical (unpaired) electrons. The summed E-state index contributed by atoms with van der Waals surface area (Å²) in [6, 6.07) is 5.19. The number of halogens is 3. The average Bonchev–Trinajstić information content (AvgIpc) is 2.52. The third-order valence-corrected chi connectivity index (χ3v) is 3.48. The molecule has 0 spiro atoms. The van der Waals surface area contributed by atoms with Gasteiger partial charge in [-0.3, -0.25) is 4.79 Å². The molecule has 23 heavy (non-hydrogen) atoms. The van der Waals surface area contributed by atoms with Gasteiger partial charge in [0.25, 0.3) is 5.91 Å². The predicted octanol–water partition coefficient (Wildman–Crippen LogP) is 3.81. The van der Waals surface area contributed by atoms with Gasteiger partial charge in [-0.1, -0.05) is 23.2 Å². The Morgan fingerprint density at radius 3 is 2.78 bits per heavy atom. The average molecular weight is 359 g/mol. The van der Waals surface area contributed by atoms with Crippen LogP contribution in [0.25, 0.3) is 0 Å². The van der Waals surface area contributed by atoms with E-state index in [0.717, 1.165) is 6.07 Å². The molecule has 1 N–H and O–H groups in total. The molecule has 5 nitrogen and oxygen atoms in total. The standard InChI is InChI=1S/C15H13Cl2FN2O3/c1-22-4-5-23-13-3-2-10(18)7-12(13)20-15(21)9-6-11(16)14(17)19-8-9/h2-3,6-8H,4-5H2,1H3,(H,20,21). The Morgan fingerprint density at radius 2 is 2.09 bits per heavy atom. The maximum absolute atomic E-state index is 13.4. The lowest BCUT2D eigenvalue weighted by Crippen LogP contribution is -2.14. The highest BCUT2D eigenvalue weighted by Gasteiger charge is 2.13. The third-order valence-electron chi connectivity index (χ3n) is 2.79. The Balaban J connectivity index is 2.18. The van der Waals surface area contributed by atoms with E-state index in [4.69, 9.17) is 32.7 Å². The molecule has 8 heteroatoms. The van der Waals surface area contributed by atoms with Gasteiger partial charge in [0.1, 0.15) is 23.3 Å². The molecule has 1 amide bonds. The van der Waals surface area contributed by atoms with Crippen molar-refractivity contribution in [1.29, 1.82) is 0 Å². The van der Waals surface area contributed by atoms with E-state index in [0.29, 0.717) is 12.4 Å². The Morgan fingerprint density at radius 1 is 1.30 bits per heavy atom. The molecule has 0 saturated heterocycles. The van der Waals surface area contributed by atoms with E-state index in [1.165, 1.54) is 31.5 Å². The number of benzene rings is 1. The summed E-state index contributed by atoms with van der Waals surface area (Å²) in [7, 11) is 1.54. The summed E-state index contributed by atoms with van der Waals surface area (Å²) >= 11 is 11.5. The van der Waals surface area contributed by atoms with Crippen LogP contribution in [0.1, 0.15) is 10.4 Å². The molecule has 0 aliphatic carbocycles. The Bertz CT molecular complexity index is 713. The molecule has 1 aromatic heterocycles. The van der Waals surface area contributed by atoms with Crippen LogP contribution >= 0.6 is 23.2 Å². The molecule has 0 saturated carbocycles. The number of anilines is 1. The van der Waals surface area contributed by atoms with Crippen LogP contribution in [0, 0.1) is 5.82 Å². The summed E-state index contributed by atoms with van der Waals surface area (Å²) in [5.74, 6) is -0.699. The van der Waals surface area contributed by atoms with Gasteiger partial charge in [-0.25, -0.2) is 9.37 Å². The van der Waals surface area contributed by atoms with Crippen LogP contribution in [-0.4, -0.2) is 31.2 Å². The topological polar surface area (TPSA) is 60.5 Å². The maximum Gasteiger partial charge on any atom is 0.257 e. The Kier molecular flexibility index (Phi) is 6.15. The number of aromatic nitrogens is 1. The maximum atomic E-state index is 13.4. The van der Waals surface area contributed by atoms with Crippen LogP contribution in [0.15, 0.2) is 30.5 Å². The highest BCUT2D eigenvalue weighted by Crippen LogP contribution is 2.26. The van der Waals surface area contributed by atoms with Crippen LogP contribution in [0.5, 0.6) is 5.75 Å². The molecule has 1 aromatic carbocycles. The van der Waals surface area contributed by atoms with E-state index in [1.807, 2.05) is 0 Å². The van der Waals surface area contributed by atoms with Crippen molar-refractivity contribution in [3.8, 4) is 5.75 Å². The van der Waals surface area contributed by atoms with Gasteiger partial charge in [-0.15, -0.1) is 0 Å². The van der Waals surface area contributed by atoms with Crippen LogP contribution in [0.2, 0.25) is 10.2 Å². The minimum Gasteiger partial charge on any atom is -0.489 e. The zero-order chi connectivity index (χ0) is 16.8. The Labute approximate surface area is 142 Å².